The zero-order chi connectivity index (χ0) is 13.8. The fourth-order valence-electron chi connectivity index (χ4n) is 1.91. The number of aliphatic hydroxyl groups excluding tert-OH is 1. The Balaban J connectivity index is 2.10. The number of ether oxygens (including phenoxy) is 1. The van der Waals surface area contributed by atoms with E-state index in [9.17, 15) is 5.11 Å². The first-order valence-electron chi connectivity index (χ1n) is 6.40. The third-order valence-corrected chi connectivity index (χ3v) is 3.16. The van der Waals surface area contributed by atoms with Crippen molar-refractivity contribution in [3.63, 3.8) is 0 Å². The molecule has 100 valence electrons. The van der Waals surface area contributed by atoms with Crippen molar-refractivity contribution >= 4 is 0 Å². The number of nitrogens with zero attached hydrogens (tertiary/aromatic N) is 1. The van der Waals surface area contributed by atoms with Crippen LogP contribution in [0.3, 0.4) is 0 Å². The molecule has 1 N–H and O–H groups in total. The van der Waals surface area contributed by atoms with Crippen LogP contribution < -0.4 is 4.74 Å². The molecule has 0 saturated carbocycles. The average Bonchev–Trinajstić information content (AvgIpc) is 2.39. The highest BCUT2D eigenvalue weighted by Crippen LogP contribution is 2.23. The lowest BCUT2D eigenvalue weighted by Crippen LogP contribution is -2.02. The molecule has 2 rings (SSSR count). The monoisotopic (exact) mass is 257 g/mol. The summed E-state index contributed by atoms with van der Waals surface area (Å²) in [6.07, 6.45) is 1.32. The molecule has 1 unspecified atom stereocenters. The number of aryl methyl sites for hydroxylation is 2. The largest absolute Gasteiger partial charge is 0.487 e. The van der Waals surface area contributed by atoms with Crippen LogP contribution in [0.15, 0.2) is 36.5 Å². The summed E-state index contributed by atoms with van der Waals surface area (Å²) in [6.45, 7) is 6.22. The van der Waals surface area contributed by atoms with Gasteiger partial charge in [-0.15, -0.1) is 0 Å². The Bertz CT molecular complexity index is 564. The van der Waals surface area contributed by atoms with Gasteiger partial charge in [-0.1, -0.05) is 12.1 Å². The van der Waals surface area contributed by atoms with Gasteiger partial charge in [-0.3, -0.25) is 4.98 Å². The Labute approximate surface area is 113 Å². The summed E-state index contributed by atoms with van der Waals surface area (Å²) in [7, 11) is 0. The molecule has 0 saturated heterocycles. The van der Waals surface area contributed by atoms with Crippen LogP contribution >= 0.6 is 0 Å². The lowest BCUT2D eigenvalue weighted by molar-refractivity contribution is 0.199. The summed E-state index contributed by atoms with van der Waals surface area (Å²) in [4.78, 5) is 4.30. The van der Waals surface area contributed by atoms with Crippen LogP contribution in [0.1, 0.15) is 35.4 Å². The maximum Gasteiger partial charge on any atom is 0.130 e. The summed E-state index contributed by atoms with van der Waals surface area (Å²) in [6, 6.07) is 9.68. The van der Waals surface area contributed by atoms with Gasteiger partial charge in [0.05, 0.1) is 11.8 Å². The van der Waals surface area contributed by atoms with Crippen LogP contribution in [0.5, 0.6) is 5.75 Å². The second-order valence-electron chi connectivity index (χ2n) is 4.76. The van der Waals surface area contributed by atoms with E-state index in [2.05, 4.69) is 4.98 Å². The number of pyridine rings is 1. The molecule has 0 aliphatic heterocycles. The topological polar surface area (TPSA) is 42.4 Å². The minimum atomic E-state index is -0.453. The molecule has 0 amide bonds. The molecule has 3 nitrogen and oxygen atoms in total. The van der Waals surface area contributed by atoms with Gasteiger partial charge in [0.2, 0.25) is 0 Å². The molecule has 3 heteroatoms. The highest BCUT2D eigenvalue weighted by molar-refractivity contribution is 5.37. The predicted octanol–water partition coefficient (Wildman–Crippen LogP) is 3.33. The number of benzene rings is 1. The molecular formula is C16H19NO2. The van der Waals surface area contributed by atoms with E-state index in [1.807, 2.05) is 44.2 Å². The van der Waals surface area contributed by atoms with Crippen LogP contribution in [0.4, 0.5) is 0 Å². The minimum absolute atomic E-state index is 0.453. The number of aliphatic hydroxyl groups is 1. The van der Waals surface area contributed by atoms with E-state index < -0.39 is 6.10 Å². The van der Waals surface area contributed by atoms with Crippen LogP contribution in [0.2, 0.25) is 0 Å². The average molecular weight is 257 g/mol. The minimum Gasteiger partial charge on any atom is -0.487 e. The maximum atomic E-state index is 9.53. The van der Waals surface area contributed by atoms with Crippen molar-refractivity contribution in [3.05, 3.63) is 58.9 Å². The molecule has 1 aromatic heterocycles. The van der Waals surface area contributed by atoms with Gasteiger partial charge in [0, 0.05) is 6.20 Å². The summed E-state index contributed by atoms with van der Waals surface area (Å²) in [5, 5.41) is 9.53. The van der Waals surface area contributed by atoms with E-state index in [0.717, 1.165) is 28.1 Å². The van der Waals surface area contributed by atoms with E-state index >= 15 is 0 Å². The fourth-order valence-corrected chi connectivity index (χ4v) is 1.91. The fraction of sp³-hybridized carbons (Fsp3) is 0.312. The van der Waals surface area contributed by atoms with Gasteiger partial charge in [0.1, 0.15) is 12.4 Å². The molecule has 0 aliphatic carbocycles. The van der Waals surface area contributed by atoms with Gasteiger partial charge in [-0.2, -0.15) is 0 Å². The lowest BCUT2D eigenvalue weighted by atomic mass is 10.1. The Morgan fingerprint density at radius 3 is 2.63 bits per heavy atom. The Hall–Kier alpha value is -1.87. The van der Waals surface area contributed by atoms with Gasteiger partial charge in [0.25, 0.3) is 0 Å². The quantitative estimate of drug-likeness (QED) is 0.913. The number of aromatic nitrogens is 1. The van der Waals surface area contributed by atoms with Crippen molar-refractivity contribution in [2.45, 2.75) is 33.5 Å². The molecular weight excluding hydrogens is 238 g/mol. The van der Waals surface area contributed by atoms with Crippen molar-refractivity contribution in [1.29, 1.82) is 0 Å². The normalized spacial score (nSPS) is 12.2. The van der Waals surface area contributed by atoms with Gasteiger partial charge < -0.3 is 9.84 Å². The Morgan fingerprint density at radius 2 is 2.00 bits per heavy atom. The Kier molecular flexibility index (Phi) is 4.17. The molecule has 1 aromatic carbocycles. The third-order valence-electron chi connectivity index (χ3n) is 3.16. The van der Waals surface area contributed by atoms with E-state index in [1.165, 1.54) is 0 Å². The van der Waals surface area contributed by atoms with Crippen molar-refractivity contribution in [2.75, 3.05) is 0 Å². The van der Waals surface area contributed by atoms with E-state index in [4.69, 9.17) is 4.74 Å². The maximum absolute atomic E-state index is 9.53. The zero-order valence-electron chi connectivity index (χ0n) is 11.6. The first-order valence-corrected chi connectivity index (χ1v) is 6.40. The molecule has 19 heavy (non-hydrogen) atoms. The van der Waals surface area contributed by atoms with Crippen molar-refractivity contribution in [1.82, 2.24) is 4.98 Å². The molecule has 1 heterocycles. The van der Waals surface area contributed by atoms with Gasteiger partial charge in [0.15, 0.2) is 0 Å². The third kappa shape index (κ3) is 3.32. The van der Waals surface area contributed by atoms with E-state index in [1.54, 1.807) is 13.1 Å². The number of rotatable bonds is 4. The zero-order valence-corrected chi connectivity index (χ0v) is 11.6. The van der Waals surface area contributed by atoms with Gasteiger partial charge in [-0.05, 0) is 55.7 Å². The summed E-state index contributed by atoms with van der Waals surface area (Å²) < 4.78 is 5.79. The smallest absolute Gasteiger partial charge is 0.130 e. The number of hydrogen-bond donors (Lipinski definition) is 1. The molecule has 1 atom stereocenters. The molecule has 0 bridgehead atoms. The summed E-state index contributed by atoms with van der Waals surface area (Å²) in [5.74, 6) is 0.828. The summed E-state index contributed by atoms with van der Waals surface area (Å²) >= 11 is 0. The van der Waals surface area contributed by atoms with Crippen molar-refractivity contribution in [3.8, 4) is 5.75 Å². The lowest BCUT2D eigenvalue weighted by Gasteiger charge is -2.12. The highest BCUT2D eigenvalue weighted by Gasteiger charge is 2.06. The first kappa shape index (κ1) is 13.6. The molecule has 0 fully saturated rings. The highest BCUT2D eigenvalue weighted by atomic mass is 16.5. The van der Waals surface area contributed by atoms with E-state index in [0.29, 0.717) is 6.61 Å². The molecule has 0 radical (unpaired) electrons. The molecule has 0 aliphatic rings. The van der Waals surface area contributed by atoms with Crippen molar-refractivity contribution < 1.29 is 9.84 Å². The van der Waals surface area contributed by atoms with Gasteiger partial charge in [-0.25, -0.2) is 0 Å². The van der Waals surface area contributed by atoms with Crippen LogP contribution in [-0.2, 0) is 6.61 Å². The van der Waals surface area contributed by atoms with Crippen LogP contribution in [0.25, 0.3) is 0 Å². The summed E-state index contributed by atoms with van der Waals surface area (Å²) in [5.41, 5.74) is 3.99. The SMILES string of the molecule is Cc1cc(C(C)O)ccc1OCc1ncccc1C. The van der Waals surface area contributed by atoms with Gasteiger partial charge >= 0.3 is 0 Å². The predicted molar refractivity (Wildman–Crippen MR) is 75.1 cm³/mol. The molecule has 2 aromatic rings. The first-order chi connectivity index (χ1) is 9.08. The second-order valence-corrected chi connectivity index (χ2v) is 4.76. The number of hydrogen-bond acceptors (Lipinski definition) is 3. The Morgan fingerprint density at radius 1 is 1.21 bits per heavy atom. The van der Waals surface area contributed by atoms with Crippen LogP contribution in [-0.4, -0.2) is 10.1 Å². The standard InChI is InChI=1S/C16H19NO2/c1-11-5-4-8-17-15(11)10-19-16-7-6-14(13(3)18)9-12(16)2/h4-9,13,18H,10H2,1-3H3. The van der Waals surface area contributed by atoms with Crippen molar-refractivity contribution in [2.24, 2.45) is 0 Å². The molecule has 0 spiro atoms. The van der Waals surface area contributed by atoms with E-state index in [-0.39, 0.29) is 0 Å². The second kappa shape index (κ2) is 5.85. The van der Waals surface area contributed by atoms with Crippen LogP contribution in [0, 0.1) is 13.8 Å².